The Kier molecular flexibility index (Phi) is 8.13. The molecule has 2 heterocycles. The highest BCUT2D eigenvalue weighted by atomic mass is 32.2. The van der Waals surface area contributed by atoms with Gasteiger partial charge in [0, 0.05) is 57.5 Å². The number of nitrogens with one attached hydrogen (secondary N) is 1. The van der Waals surface area contributed by atoms with Crippen LogP contribution in [0.5, 0.6) is 0 Å². The van der Waals surface area contributed by atoms with Crippen LogP contribution in [0.4, 0.5) is 5.69 Å². The summed E-state index contributed by atoms with van der Waals surface area (Å²) in [5, 5.41) is 3.08. The van der Waals surface area contributed by atoms with Crippen LogP contribution in [0.1, 0.15) is 33.1 Å². The molecule has 0 saturated carbocycles. The third-order valence-electron chi connectivity index (χ3n) is 6.24. The lowest BCUT2D eigenvalue weighted by Gasteiger charge is -2.39. The number of anilines is 1. The minimum Gasteiger partial charge on any atom is -0.369 e. The summed E-state index contributed by atoms with van der Waals surface area (Å²) in [6.45, 7) is 9.38. The second-order valence-corrected chi connectivity index (χ2v) is 10.6. The van der Waals surface area contributed by atoms with Crippen molar-refractivity contribution in [2.24, 2.45) is 5.92 Å². The van der Waals surface area contributed by atoms with Crippen molar-refractivity contribution in [3.63, 3.8) is 0 Å². The lowest BCUT2D eigenvalue weighted by molar-refractivity contribution is -0.126. The number of hydrogen-bond acceptors (Lipinski definition) is 5. The Morgan fingerprint density at radius 1 is 1.13 bits per heavy atom. The second-order valence-electron chi connectivity index (χ2n) is 8.47. The van der Waals surface area contributed by atoms with Crippen LogP contribution in [-0.2, 0) is 14.8 Å². The standard InChI is InChI=1S/C22H36N4O3S/c1-3-16-30(28,29)26-11-7-8-20(18-26)22(27)23-17-19(2)24-12-14-25(15-13-24)21-9-5-4-6-10-21/h4-6,9-10,19-20H,3,7-8,11-18H2,1-2H3,(H,23,27). The lowest BCUT2D eigenvalue weighted by atomic mass is 9.99. The number of benzene rings is 1. The maximum Gasteiger partial charge on any atom is 0.224 e. The summed E-state index contributed by atoms with van der Waals surface area (Å²) in [6, 6.07) is 10.7. The number of piperidine rings is 1. The minimum absolute atomic E-state index is 0.0128. The van der Waals surface area contributed by atoms with Gasteiger partial charge in [0.25, 0.3) is 0 Å². The normalized spacial score (nSPS) is 22.6. The Hall–Kier alpha value is -1.64. The molecule has 0 bridgehead atoms. The third kappa shape index (κ3) is 5.95. The van der Waals surface area contributed by atoms with E-state index in [9.17, 15) is 13.2 Å². The van der Waals surface area contributed by atoms with E-state index in [1.807, 2.05) is 13.0 Å². The molecule has 2 saturated heterocycles. The Labute approximate surface area is 181 Å². The zero-order valence-corrected chi connectivity index (χ0v) is 19.1. The maximum absolute atomic E-state index is 12.7. The molecule has 2 aliphatic rings. The van der Waals surface area contributed by atoms with E-state index in [2.05, 4.69) is 46.3 Å². The highest BCUT2D eigenvalue weighted by molar-refractivity contribution is 7.89. The second kappa shape index (κ2) is 10.6. The molecule has 0 aliphatic carbocycles. The average Bonchev–Trinajstić information content (AvgIpc) is 2.78. The Morgan fingerprint density at radius 3 is 2.50 bits per heavy atom. The van der Waals surface area contributed by atoms with E-state index in [1.165, 1.54) is 9.99 Å². The van der Waals surface area contributed by atoms with Crippen molar-refractivity contribution in [1.29, 1.82) is 0 Å². The van der Waals surface area contributed by atoms with E-state index in [1.54, 1.807) is 0 Å². The fourth-order valence-corrected chi connectivity index (χ4v) is 5.97. The fraction of sp³-hybridized carbons (Fsp3) is 0.682. The van der Waals surface area contributed by atoms with Gasteiger partial charge >= 0.3 is 0 Å². The highest BCUT2D eigenvalue weighted by Crippen LogP contribution is 2.20. The van der Waals surface area contributed by atoms with Gasteiger partial charge in [-0.3, -0.25) is 9.69 Å². The number of nitrogens with zero attached hydrogens (tertiary/aromatic N) is 3. The summed E-state index contributed by atoms with van der Waals surface area (Å²) in [7, 11) is -3.24. The van der Waals surface area contributed by atoms with Gasteiger partial charge in [-0.2, -0.15) is 0 Å². The van der Waals surface area contributed by atoms with Crippen molar-refractivity contribution < 1.29 is 13.2 Å². The van der Waals surface area contributed by atoms with E-state index < -0.39 is 10.0 Å². The van der Waals surface area contributed by atoms with Gasteiger partial charge in [-0.15, -0.1) is 0 Å². The van der Waals surface area contributed by atoms with Crippen LogP contribution >= 0.6 is 0 Å². The van der Waals surface area contributed by atoms with Crippen LogP contribution in [0, 0.1) is 5.92 Å². The molecule has 2 unspecified atom stereocenters. The molecule has 1 aromatic carbocycles. The average molecular weight is 437 g/mol. The summed E-state index contributed by atoms with van der Waals surface area (Å²) >= 11 is 0. The monoisotopic (exact) mass is 436 g/mol. The molecule has 0 radical (unpaired) electrons. The van der Waals surface area contributed by atoms with Crippen LogP contribution < -0.4 is 10.2 Å². The zero-order valence-electron chi connectivity index (χ0n) is 18.3. The smallest absolute Gasteiger partial charge is 0.224 e. The molecule has 1 amide bonds. The predicted octanol–water partition coefficient (Wildman–Crippen LogP) is 1.77. The largest absolute Gasteiger partial charge is 0.369 e. The predicted molar refractivity (Wildman–Crippen MR) is 121 cm³/mol. The molecule has 2 aliphatic heterocycles. The quantitative estimate of drug-likeness (QED) is 0.672. The summed E-state index contributed by atoms with van der Waals surface area (Å²) < 4.78 is 26.2. The van der Waals surface area contributed by atoms with Gasteiger partial charge in [-0.25, -0.2) is 12.7 Å². The number of piperazine rings is 1. The van der Waals surface area contributed by atoms with Gasteiger partial charge in [0.1, 0.15) is 0 Å². The van der Waals surface area contributed by atoms with Crippen molar-refractivity contribution in [1.82, 2.24) is 14.5 Å². The first-order valence-corrected chi connectivity index (χ1v) is 12.8. The molecular weight excluding hydrogens is 400 g/mol. The number of carbonyl (C=O) groups excluding carboxylic acids is 1. The maximum atomic E-state index is 12.7. The first kappa shape index (κ1) is 23.0. The van der Waals surface area contributed by atoms with E-state index in [-0.39, 0.29) is 23.6 Å². The van der Waals surface area contributed by atoms with Crippen LogP contribution in [-0.4, -0.2) is 81.1 Å². The van der Waals surface area contributed by atoms with Crippen molar-refractivity contribution in [3.8, 4) is 0 Å². The van der Waals surface area contributed by atoms with Gasteiger partial charge in [0.15, 0.2) is 0 Å². The molecule has 1 aromatic rings. The molecule has 8 heteroatoms. The molecule has 168 valence electrons. The molecule has 3 rings (SSSR count). The SMILES string of the molecule is CCCS(=O)(=O)N1CCCC(C(=O)NCC(C)N2CCN(c3ccccc3)CC2)C1. The fourth-order valence-electron chi connectivity index (χ4n) is 4.38. The molecule has 30 heavy (non-hydrogen) atoms. The number of carbonyl (C=O) groups is 1. The minimum atomic E-state index is -3.24. The van der Waals surface area contributed by atoms with Gasteiger partial charge in [0.05, 0.1) is 11.7 Å². The zero-order chi connectivity index (χ0) is 21.6. The van der Waals surface area contributed by atoms with Gasteiger partial charge in [0.2, 0.25) is 15.9 Å². The van der Waals surface area contributed by atoms with E-state index in [0.29, 0.717) is 26.1 Å². The van der Waals surface area contributed by atoms with Crippen LogP contribution in [0.15, 0.2) is 30.3 Å². The first-order chi connectivity index (χ1) is 14.4. The molecule has 0 spiro atoms. The van der Waals surface area contributed by atoms with Gasteiger partial charge in [-0.1, -0.05) is 25.1 Å². The number of para-hydroxylation sites is 1. The number of hydrogen-bond donors (Lipinski definition) is 1. The Morgan fingerprint density at radius 2 is 1.83 bits per heavy atom. The van der Waals surface area contributed by atoms with E-state index >= 15 is 0 Å². The number of rotatable bonds is 8. The lowest BCUT2D eigenvalue weighted by Crippen LogP contribution is -2.53. The molecule has 2 atom stereocenters. The molecular formula is C22H36N4O3S. The van der Waals surface area contributed by atoms with E-state index in [4.69, 9.17) is 0 Å². The summed E-state index contributed by atoms with van der Waals surface area (Å²) in [6.07, 6.45) is 2.11. The topological polar surface area (TPSA) is 73.0 Å². The van der Waals surface area contributed by atoms with Crippen LogP contribution in [0.3, 0.4) is 0 Å². The first-order valence-electron chi connectivity index (χ1n) is 11.2. The van der Waals surface area contributed by atoms with Crippen molar-refractivity contribution in [2.45, 2.75) is 39.2 Å². The summed E-state index contributed by atoms with van der Waals surface area (Å²) in [5.74, 6) is -0.0958. The number of amides is 1. The summed E-state index contributed by atoms with van der Waals surface area (Å²) in [4.78, 5) is 17.5. The highest BCUT2D eigenvalue weighted by Gasteiger charge is 2.32. The van der Waals surface area contributed by atoms with E-state index in [0.717, 1.165) is 39.0 Å². The molecule has 1 N–H and O–H groups in total. The molecule has 0 aromatic heterocycles. The Balaban J connectivity index is 1.43. The van der Waals surface area contributed by atoms with Crippen molar-refractivity contribution >= 4 is 21.6 Å². The van der Waals surface area contributed by atoms with Crippen LogP contribution in [0.2, 0.25) is 0 Å². The van der Waals surface area contributed by atoms with Crippen molar-refractivity contribution in [3.05, 3.63) is 30.3 Å². The third-order valence-corrected chi connectivity index (χ3v) is 8.28. The number of sulfonamides is 1. The van der Waals surface area contributed by atoms with Crippen LogP contribution in [0.25, 0.3) is 0 Å². The van der Waals surface area contributed by atoms with Gasteiger partial charge in [-0.05, 0) is 38.3 Å². The Bertz CT molecular complexity index is 779. The molecule has 2 fully saturated rings. The van der Waals surface area contributed by atoms with Crippen molar-refractivity contribution in [2.75, 3.05) is 56.5 Å². The summed E-state index contributed by atoms with van der Waals surface area (Å²) in [5.41, 5.74) is 1.26. The van der Waals surface area contributed by atoms with Gasteiger partial charge < -0.3 is 10.2 Å². The molecule has 7 nitrogen and oxygen atoms in total.